The summed E-state index contributed by atoms with van der Waals surface area (Å²) in [6.45, 7) is 1.83. The van der Waals surface area contributed by atoms with Crippen LogP contribution in [0.25, 0.3) is 10.7 Å². The van der Waals surface area contributed by atoms with E-state index in [9.17, 15) is 13.5 Å². The summed E-state index contributed by atoms with van der Waals surface area (Å²) in [6.07, 6.45) is 0. The van der Waals surface area contributed by atoms with Crippen molar-refractivity contribution in [2.75, 3.05) is 0 Å². The van der Waals surface area contributed by atoms with Crippen LogP contribution >= 0.6 is 0 Å². The van der Waals surface area contributed by atoms with Gasteiger partial charge in [0.1, 0.15) is 0 Å². The van der Waals surface area contributed by atoms with Gasteiger partial charge in [-0.1, -0.05) is 53.8 Å². The summed E-state index contributed by atoms with van der Waals surface area (Å²) in [5.74, 6) is -0.412. The second kappa shape index (κ2) is 3.96. The van der Waals surface area contributed by atoms with Gasteiger partial charge in [-0.2, -0.15) is 0 Å². The van der Waals surface area contributed by atoms with Gasteiger partial charge in [0, 0.05) is 0 Å². The highest BCUT2D eigenvalue weighted by Crippen LogP contribution is 2.41. The zero-order valence-corrected chi connectivity index (χ0v) is 11.1. The third kappa shape index (κ3) is 1.68. The number of sulfone groups is 1. The van der Waals surface area contributed by atoms with Crippen LogP contribution in [0.3, 0.4) is 0 Å². The van der Waals surface area contributed by atoms with E-state index in [0.717, 1.165) is 5.56 Å². The number of benzene rings is 2. The summed E-state index contributed by atoms with van der Waals surface area (Å²) in [7, 11) is -3.70. The number of hydrogen-bond acceptors (Lipinski definition) is 3. The predicted octanol–water partition coefficient (Wildman–Crippen LogP) is 1.97. The normalized spacial score (nSPS) is 16.5. The summed E-state index contributed by atoms with van der Waals surface area (Å²) in [5, 5.41) is 12.3. The maximum Gasteiger partial charge on any atom is 0.207 e. The molecule has 19 heavy (non-hydrogen) atoms. The molecule has 0 spiro atoms. The van der Waals surface area contributed by atoms with Gasteiger partial charge >= 0.3 is 0 Å². The Morgan fingerprint density at radius 1 is 1.00 bits per heavy atom. The van der Waals surface area contributed by atoms with Crippen LogP contribution in [0.4, 0.5) is 0 Å². The molecule has 0 saturated carbocycles. The topological polar surface area (TPSA) is 57.2 Å². The van der Waals surface area contributed by atoms with Crippen molar-refractivity contribution in [3.05, 3.63) is 65.2 Å². The average molecular weight is 271 g/mol. The molecule has 0 N–H and O–H groups in total. The highest BCUT2D eigenvalue weighted by Gasteiger charge is 2.32. The van der Waals surface area contributed by atoms with E-state index in [2.05, 4.69) is 0 Å². The molecule has 3 rings (SSSR count). The highest BCUT2D eigenvalue weighted by atomic mass is 32.2. The number of aryl methyl sites for hydroxylation is 1. The molecule has 0 atom stereocenters. The van der Waals surface area contributed by atoms with Gasteiger partial charge in [-0.15, -0.1) is 0 Å². The Bertz CT molecular complexity index is 787. The molecule has 3 nitrogen and oxygen atoms in total. The maximum absolute atomic E-state index is 12.4. The minimum atomic E-state index is -3.70. The number of hydrogen-bond donors (Lipinski definition) is 0. The molecule has 2 aromatic rings. The molecule has 0 bridgehead atoms. The molecule has 96 valence electrons. The molecule has 0 radical (unpaired) electrons. The van der Waals surface area contributed by atoms with E-state index in [-0.39, 0.29) is 15.4 Å². The van der Waals surface area contributed by atoms with Gasteiger partial charge in [-0.3, -0.25) is 0 Å². The molecule has 2 aromatic carbocycles. The van der Waals surface area contributed by atoms with Gasteiger partial charge in [0.2, 0.25) is 9.84 Å². The Hall–Kier alpha value is -2.07. The summed E-state index contributed by atoms with van der Waals surface area (Å²) in [6, 6.07) is 13.4. The van der Waals surface area contributed by atoms with Crippen LogP contribution in [0.1, 0.15) is 16.7 Å². The van der Waals surface area contributed by atoms with E-state index >= 15 is 0 Å². The number of fused-ring (bicyclic) bond motifs is 1. The molecule has 0 aromatic heterocycles. The lowest BCUT2D eigenvalue weighted by atomic mass is 10.1. The summed E-state index contributed by atoms with van der Waals surface area (Å²) in [4.78, 5) is -0.00402. The molecule has 1 aliphatic rings. The largest absolute Gasteiger partial charge is 0.871 e. The highest BCUT2D eigenvalue weighted by molar-refractivity contribution is 8.01. The Balaban J connectivity index is 2.34. The quantitative estimate of drug-likeness (QED) is 0.796. The van der Waals surface area contributed by atoms with E-state index in [1.54, 1.807) is 42.5 Å². The number of rotatable bonds is 1. The van der Waals surface area contributed by atoms with Crippen LogP contribution in [0.2, 0.25) is 0 Å². The fourth-order valence-electron chi connectivity index (χ4n) is 2.29. The van der Waals surface area contributed by atoms with E-state index < -0.39 is 15.6 Å². The van der Waals surface area contributed by atoms with Gasteiger partial charge in [-0.05, 0) is 24.1 Å². The van der Waals surface area contributed by atoms with Crippen molar-refractivity contribution in [1.82, 2.24) is 0 Å². The molecule has 0 fully saturated rings. The van der Waals surface area contributed by atoms with Crippen LogP contribution in [0, 0.1) is 6.92 Å². The Morgan fingerprint density at radius 2 is 1.68 bits per heavy atom. The molecule has 0 aliphatic carbocycles. The Labute approximate surface area is 111 Å². The lowest BCUT2D eigenvalue weighted by Crippen LogP contribution is -2.04. The second-order valence-electron chi connectivity index (χ2n) is 4.53. The third-order valence-corrected chi connectivity index (χ3v) is 5.07. The van der Waals surface area contributed by atoms with Crippen molar-refractivity contribution in [3.8, 4) is 0 Å². The van der Waals surface area contributed by atoms with Crippen LogP contribution < -0.4 is 5.11 Å². The van der Waals surface area contributed by atoms with Crippen LogP contribution in [0.15, 0.2) is 53.4 Å². The smallest absolute Gasteiger partial charge is 0.207 e. The summed E-state index contributed by atoms with van der Waals surface area (Å²) >= 11 is 0. The van der Waals surface area contributed by atoms with Gasteiger partial charge in [0.05, 0.1) is 9.80 Å². The maximum atomic E-state index is 12.4. The van der Waals surface area contributed by atoms with Crippen molar-refractivity contribution in [2.24, 2.45) is 0 Å². The van der Waals surface area contributed by atoms with Crippen molar-refractivity contribution in [2.45, 2.75) is 11.8 Å². The first kappa shape index (κ1) is 12.0. The van der Waals surface area contributed by atoms with E-state index in [4.69, 9.17) is 0 Å². The molecular formula is C15H11O3S-. The minimum absolute atomic E-state index is 0.113. The van der Waals surface area contributed by atoms with Crippen LogP contribution in [0.5, 0.6) is 0 Å². The zero-order valence-electron chi connectivity index (χ0n) is 10.3. The average Bonchev–Trinajstić information content (AvgIpc) is 2.58. The Kier molecular flexibility index (Phi) is 2.50. The van der Waals surface area contributed by atoms with Gasteiger partial charge < -0.3 is 5.11 Å². The first-order chi connectivity index (χ1) is 9.01. The lowest BCUT2D eigenvalue weighted by Gasteiger charge is -2.11. The van der Waals surface area contributed by atoms with Gasteiger partial charge in [0.15, 0.2) is 0 Å². The van der Waals surface area contributed by atoms with Crippen molar-refractivity contribution in [3.63, 3.8) is 0 Å². The van der Waals surface area contributed by atoms with Crippen LogP contribution in [-0.2, 0) is 9.84 Å². The van der Waals surface area contributed by atoms with Crippen molar-refractivity contribution >= 4 is 20.5 Å². The summed E-state index contributed by atoms with van der Waals surface area (Å²) < 4.78 is 24.9. The monoisotopic (exact) mass is 271 g/mol. The molecular weight excluding hydrogens is 260 g/mol. The predicted molar refractivity (Wildman–Crippen MR) is 71.6 cm³/mol. The van der Waals surface area contributed by atoms with Gasteiger partial charge in [-0.25, -0.2) is 8.42 Å². The van der Waals surface area contributed by atoms with E-state index in [1.165, 1.54) is 6.07 Å². The minimum Gasteiger partial charge on any atom is -0.871 e. The third-order valence-electron chi connectivity index (χ3n) is 3.18. The molecule has 0 unspecified atom stereocenters. The molecule has 0 amide bonds. The van der Waals surface area contributed by atoms with E-state index in [0.29, 0.717) is 5.56 Å². The Morgan fingerprint density at radius 3 is 2.37 bits per heavy atom. The van der Waals surface area contributed by atoms with Gasteiger partial charge in [0.25, 0.3) is 0 Å². The molecule has 0 saturated heterocycles. The van der Waals surface area contributed by atoms with E-state index in [1.807, 2.05) is 6.92 Å². The molecule has 1 aliphatic heterocycles. The first-order valence-corrected chi connectivity index (χ1v) is 7.33. The van der Waals surface area contributed by atoms with Crippen molar-refractivity contribution in [1.29, 1.82) is 0 Å². The standard InChI is InChI=1S/C15H12O3S/c1-10-7-8-13-12(9-10)14(16)15(19(13,17)18)11-5-3-2-4-6-11/h2-9,16H,1H3/p-1. The SMILES string of the molecule is Cc1ccc2c(c1)C([O-])=C(c1ccccc1)S2(=O)=O. The fraction of sp³-hybridized carbons (Fsp3) is 0.0667. The molecule has 1 heterocycles. The lowest BCUT2D eigenvalue weighted by molar-refractivity contribution is -0.242. The summed E-state index contributed by atoms with van der Waals surface area (Å²) in [5.41, 5.74) is 1.59. The zero-order chi connectivity index (χ0) is 13.6. The second-order valence-corrected chi connectivity index (χ2v) is 6.38. The fourth-order valence-corrected chi connectivity index (χ4v) is 3.99. The van der Waals surface area contributed by atoms with Crippen LogP contribution in [-0.4, -0.2) is 8.42 Å². The molecule has 4 heteroatoms. The van der Waals surface area contributed by atoms with Crippen molar-refractivity contribution < 1.29 is 13.5 Å². The first-order valence-electron chi connectivity index (χ1n) is 5.84.